The van der Waals surface area contributed by atoms with Crippen LogP contribution in [0.4, 0.5) is 0 Å². The Bertz CT molecular complexity index is 224. The number of hydrogen-bond donors (Lipinski definition) is 1. The average molecular weight is 229 g/mol. The van der Waals surface area contributed by atoms with E-state index in [1.54, 1.807) is 0 Å². The van der Waals surface area contributed by atoms with Crippen molar-refractivity contribution in [3.05, 3.63) is 0 Å². The molecule has 3 heteroatoms. The van der Waals surface area contributed by atoms with E-state index in [-0.39, 0.29) is 5.60 Å². The lowest BCUT2D eigenvalue weighted by atomic mass is 9.94. The first-order valence-electron chi connectivity index (χ1n) is 6.07. The summed E-state index contributed by atoms with van der Waals surface area (Å²) in [5.41, 5.74) is 6.04. The fourth-order valence-electron chi connectivity index (χ4n) is 2.80. The molecule has 0 aliphatic carbocycles. The Morgan fingerprint density at radius 3 is 2.67 bits per heavy atom. The van der Waals surface area contributed by atoms with E-state index in [4.69, 9.17) is 10.5 Å². The molecule has 2 saturated heterocycles. The molecule has 0 radical (unpaired) electrons. The lowest BCUT2D eigenvalue weighted by Crippen LogP contribution is -2.36. The van der Waals surface area contributed by atoms with E-state index < -0.39 is 0 Å². The Balaban J connectivity index is 1.91. The molecule has 0 aromatic carbocycles. The van der Waals surface area contributed by atoms with E-state index in [0.717, 1.165) is 13.0 Å². The van der Waals surface area contributed by atoms with Crippen LogP contribution in [0.3, 0.4) is 0 Å². The average Bonchev–Trinajstić information content (AvgIpc) is 2.75. The number of ether oxygens (including phenoxy) is 1. The van der Waals surface area contributed by atoms with Crippen LogP contribution in [0, 0.1) is 0 Å². The van der Waals surface area contributed by atoms with E-state index in [2.05, 4.69) is 25.6 Å². The molecule has 2 heterocycles. The molecule has 88 valence electrons. The zero-order chi connectivity index (χ0) is 10.9. The molecule has 0 aromatic heterocycles. The molecule has 15 heavy (non-hydrogen) atoms. The van der Waals surface area contributed by atoms with Crippen LogP contribution in [0.5, 0.6) is 0 Å². The van der Waals surface area contributed by atoms with Gasteiger partial charge in [0.15, 0.2) is 0 Å². The van der Waals surface area contributed by atoms with Crippen LogP contribution in [0.1, 0.15) is 46.0 Å². The first-order chi connectivity index (χ1) is 7.05. The highest BCUT2D eigenvalue weighted by molar-refractivity contribution is 8.00. The van der Waals surface area contributed by atoms with Crippen molar-refractivity contribution >= 4 is 11.8 Å². The van der Waals surface area contributed by atoms with Crippen molar-refractivity contribution < 1.29 is 4.74 Å². The summed E-state index contributed by atoms with van der Waals surface area (Å²) in [7, 11) is 0. The minimum absolute atomic E-state index is 0.101. The molecule has 2 fully saturated rings. The maximum atomic E-state index is 6.07. The van der Waals surface area contributed by atoms with Gasteiger partial charge in [0.25, 0.3) is 0 Å². The van der Waals surface area contributed by atoms with Gasteiger partial charge in [-0.05, 0) is 51.7 Å². The van der Waals surface area contributed by atoms with Crippen LogP contribution < -0.4 is 5.73 Å². The van der Waals surface area contributed by atoms with Crippen molar-refractivity contribution in [1.82, 2.24) is 0 Å². The van der Waals surface area contributed by atoms with Gasteiger partial charge in [0.05, 0.1) is 11.7 Å². The second kappa shape index (κ2) is 4.27. The van der Waals surface area contributed by atoms with Gasteiger partial charge in [-0.15, -0.1) is 0 Å². The van der Waals surface area contributed by atoms with Crippen LogP contribution >= 0.6 is 11.8 Å². The summed E-state index contributed by atoms with van der Waals surface area (Å²) >= 11 is 2.07. The normalized spacial score (nSPS) is 39.8. The molecular weight excluding hydrogens is 206 g/mol. The molecular formula is C12H23NOS. The quantitative estimate of drug-likeness (QED) is 0.808. The lowest BCUT2D eigenvalue weighted by molar-refractivity contribution is -0.0220. The fourth-order valence-corrected chi connectivity index (χ4v) is 4.23. The van der Waals surface area contributed by atoms with Crippen LogP contribution in [0.25, 0.3) is 0 Å². The van der Waals surface area contributed by atoms with E-state index in [1.165, 1.54) is 31.4 Å². The summed E-state index contributed by atoms with van der Waals surface area (Å²) in [4.78, 5) is 0. The summed E-state index contributed by atoms with van der Waals surface area (Å²) in [6.45, 7) is 5.21. The highest BCUT2D eigenvalue weighted by Gasteiger charge is 2.40. The second-order valence-electron chi connectivity index (χ2n) is 5.58. The number of hydrogen-bond acceptors (Lipinski definition) is 3. The van der Waals surface area contributed by atoms with Gasteiger partial charge in [-0.3, -0.25) is 0 Å². The van der Waals surface area contributed by atoms with Crippen molar-refractivity contribution in [3.8, 4) is 0 Å². The number of thioether (sulfide) groups is 1. The predicted molar refractivity (Wildman–Crippen MR) is 66.3 cm³/mol. The highest BCUT2D eigenvalue weighted by Crippen LogP contribution is 2.44. The Morgan fingerprint density at radius 2 is 2.20 bits per heavy atom. The molecule has 2 rings (SSSR count). The maximum absolute atomic E-state index is 6.07. The first-order valence-corrected chi connectivity index (χ1v) is 7.06. The van der Waals surface area contributed by atoms with Gasteiger partial charge >= 0.3 is 0 Å². The first kappa shape index (κ1) is 11.7. The monoisotopic (exact) mass is 229 g/mol. The van der Waals surface area contributed by atoms with Crippen molar-refractivity contribution in [2.45, 2.75) is 62.4 Å². The Labute approximate surface area is 97.3 Å². The van der Waals surface area contributed by atoms with Crippen molar-refractivity contribution in [2.75, 3.05) is 12.3 Å². The van der Waals surface area contributed by atoms with Crippen molar-refractivity contribution in [1.29, 1.82) is 0 Å². The molecule has 0 amide bonds. The summed E-state index contributed by atoms with van der Waals surface area (Å²) in [6, 6.07) is 0. The molecule has 0 bridgehead atoms. The molecule has 2 aliphatic rings. The summed E-state index contributed by atoms with van der Waals surface area (Å²) in [5, 5.41) is 0. The number of nitrogens with two attached hydrogens (primary N) is 1. The summed E-state index contributed by atoms with van der Waals surface area (Å²) < 4.78 is 6.41. The number of rotatable bonds is 3. The SMILES string of the molecule is CC1(C)CCC(CC2(CN)CCCS2)O1. The molecule has 2 atom stereocenters. The molecule has 0 spiro atoms. The van der Waals surface area contributed by atoms with Crippen molar-refractivity contribution in [3.63, 3.8) is 0 Å². The second-order valence-corrected chi connectivity index (χ2v) is 7.14. The topological polar surface area (TPSA) is 35.2 Å². The fraction of sp³-hybridized carbons (Fsp3) is 1.00. The largest absolute Gasteiger partial charge is 0.372 e. The van der Waals surface area contributed by atoms with Gasteiger partial charge in [0.2, 0.25) is 0 Å². The van der Waals surface area contributed by atoms with Gasteiger partial charge in [-0.2, -0.15) is 11.8 Å². The zero-order valence-electron chi connectivity index (χ0n) is 9.92. The Morgan fingerprint density at radius 1 is 1.40 bits per heavy atom. The predicted octanol–water partition coefficient (Wildman–Crippen LogP) is 2.56. The van der Waals surface area contributed by atoms with Crippen molar-refractivity contribution in [2.24, 2.45) is 5.73 Å². The molecule has 2 unspecified atom stereocenters. The van der Waals surface area contributed by atoms with Crippen LogP contribution in [0.2, 0.25) is 0 Å². The van der Waals surface area contributed by atoms with Gasteiger partial charge in [-0.1, -0.05) is 0 Å². The minimum Gasteiger partial charge on any atom is -0.372 e. The van der Waals surface area contributed by atoms with Gasteiger partial charge in [0.1, 0.15) is 0 Å². The molecule has 2 aliphatic heterocycles. The molecule has 2 nitrogen and oxygen atoms in total. The van der Waals surface area contributed by atoms with E-state index >= 15 is 0 Å². The highest BCUT2D eigenvalue weighted by atomic mass is 32.2. The van der Waals surface area contributed by atoms with Crippen LogP contribution in [-0.2, 0) is 4.74 Å². The molecule has 2 N–H and O–H groups in total. The smallest absolute Gasteiger partial charge is 0.0631 e. The zero-order valence-corrected chi connectivity index (χ0v) is 10.7. The van der Waals surface area contributed by atoms with E-state index in [9.17, 15) is 0 Å². The third-order valence-electron chi connectivity index (χ3n) is 3.71. The Hall–Kier alpha value is 0.270. The summed E-state index contributed by atoms with van der Waals surface area (Å²) in [5.74, 6) is 1.29. The minimum atomic E-state index is 0.101. The van der Waals surface area contributed by atoms with E-state index in [1.807, 2.05) is 0 Å². The maximum Gasteiger partial charge on any atom is 0.0631 e. The molecule has 0 saturated carbocycles. The molecule has 0 aromatic rings. The van der Waals surface area contributed by atoms with Gasteiger partial charge in [0, 0.05) is 11.3 Å². The third-order valence-corrected chi connectivity index (χ3v) is 5.35. The summed E-state index contributed by atoms with van der Waals surface area (Å²) in [6.07, 6.45) is 6.65. The van der Waals surface area contributed by atoms with Gasteiger partial charge < -0.3 is 10.5 Å². The lowest BCUT2D eigenvalue weighted by Gasteiger charge is -2.30. The van der Waals surface area contributed by atoms with E-state index in [0.29, 0.717) is 10.9 Å². The van der Waals surface area contributed by atoms with Crippen LogP contribution in [-0.4, -0.2) is 28.7 Å². The van der Waals surface area contributed by atoms with Gasteiger partial charge in [-0.25, -0.2) is 0 Å². The standard InChI is InChI=1S/C12H23NOS/c1-11(2)6-4-10(14-11)8-12(9-13)5-3-7-15-12/h10H,3-9,13H2,1-2H3. The third kappa shape index (κ3) is 2.69. The Kier molecular flexibility index (Phi) is 3.34. The van der Waals surface area contributed by atoms with Crippen LogP contribution in [0.15, 0.2) is 0 Å².